The molecule has 0 bridgehead atoms. The smallest absolute Gasteiger partial charge is 0.334 e. The molecule has 0 saturated carbocycles. The largest absolute Gasteiger partial charge is 0.416 e. The third-order valence-electron chi connectivity index (χ3n) is 3.38. The van der Waals surface area contributed by atoms with Crippen molar-refractivity contribution in [2.24, 2.45) is 0 Å². The molecule has 0 heterocycles. The summed E-state index contributed by atoms with van der Waals surface area (Å²) >= 11 is 5.83. The van der Waals surface area contributed by atoms with E-state index < -0.39 is 17.6 Å². The lowest BCUT2D eigenvalue weighted by molar-refractivity contribution is -0.137. The van der Waals surface area contributed by atoms with Gasteiger partial charge in [0.15, 0.2) is 0 Å². The van der Waals surface area contributed by atoms with Crippen LogP contribution in [0, 0.1) is 0 Å². The third kappa shape index (κ3) is 6.39. The minimum Gasteiger partial charge on any atom is -0.334 e. The van der Waals surface area contributed by atoms with Crippen LogP contribution in [0.25, 0.3) is 0 Å². The third-order valence-corrected chi connectivity index (χ3v) is 3.71. The Kier molecular flexibility index (Phi) is 7.54. The molecule has 0 aliphatic heterocycles. The first-order valence-electron chi connectivity index (χ1n) is 7.57. The molecule has 0 aliphatic carbocycles. The van der Waals surface area contributed by atoms with Crippen molar-refractivity contribution >= 4 is 29.1 Å². The molecule has 2 amide bonds. The van der Waals surface area contributed by atoms with Gasteiger partial charge in [0.25, 0.3) is 0 Å². The van der Waals surface area contributed by atoms with Gasteiger partial charge >= 0.3 is 6.18 Å². The Morgan fingerprint density at radius 2 is 1.92 bits per heavy atom. The molecular weight excluding hydrogens is 345 g/mol. The highest BCUT2D eigenvalue weighted by Crippen LogP contribution is 2.33. The van der Waals surface area contributed by atoms with Crippen LogP contribution < -0.4 is 5.32 Å². The van der Waals surface area contributed by atoms with Crippen molar-refractivity contribution in [2.45, 2.75) is 39.3 Å². The lowest BCUT2D eigenvalue weighted by atomic mass is 10.2. The van der Waals surface area contributed by atoms with Crippen LogP contribution in [0.1, 0.15) is 38.7 Å². The maximum absolute atomic E-state index is 12.7. The van der Waals surface area contributed by atoms with E-state index in [1.807, 2.05) is 6.92 Å². The standard InChI is InChI=1S/C16H20ClF3N2O2/c1-3-4-5-8-22(11(2)23)10-15(24)21-14-9-12(16(18,19)20)6-7-13(14)17/h6-7,9H,3-5,8,10H2,1-2H3,(H,21,24). The zero-order chi connectivity index (χ0) is 18.3. The van der Waals surface area contributed by atoms with Crippen molar-refractivity contribution in [2.75, 3.05) is 18.4 Å². The second kappa shape index (κ2) is 8.92. The number of rotatable bonds is 7. The SMILES string of the molecule is CCCCCN(CC(=O)Nc1cc(C(F)(F)F)ccc1Cl)C(C)=O. The van der Waals surface area contributed by atoms with Gasteiger partial charge in [0.05, 0.1) is 22.8 Å². The summed E-state index contributed by atoms with van der Waals surface area (Å²) in [6, 6.07) is 2.68. The molecule has 0 aliphatic rings. The molecule has 0 spiro atoms. The van der Waals surface area contributed by atoms with E-state index in [2.05, 4.69) is 5.32 Å². The van der Waals surface area contributed by atoms with Crippen molar-refractivity contribution in [1.29, 1.82) is 0 Å². The Morgan fingerprint density at radius 1 is 1.25 bits per heavy atom. The molecule has 0 fully saturated rings. The molecule has 0 aromatic heterocycles. The number of amides is 2. The van der Waals surface area contributed by atoms with E-state index in [1.54, 1.807) is 0 Å². The van der Waals surface area contributed by atoms with Crippen LogP contribution in [0.15, 0.2) is 18.2 Å². The number of alkyl halides is 3. The van der Waals surface area contributed by atoms with E-state index in [1.165, 1.54) is 11.8 Å². The predicted octanol–water partition coefficient (Wildman–Crippen LogP) is 4.34. The molecule has 0 unspecified atom stereocenters. The van der Waals surface area contributed by atoms with E-state index in [4.69, 9.17) is 11.6 Å². The Balaban J connectivity index is 2.77. The van der Waals surface area contributed by atoms with Crippen molar-refractivity contribution < 1.29 is 22.8 Å². The molecule has 1 aromatic rings. The average Bonchev–Trinajstić information content (AvgIpc) is 2.47. The summed E-state index contributed by atoms with van der Waals surface area (Å²) in [6.07, 6.45) is -1.88. The van der Waals surface area contributed by atoms with Gasteiger partial charge in [0.1, 0.15) is 0 Å². The first-order valence-corrected chi connectivity index (χ1v) is 7.95. The second-order valence-corrected chi connectivity index (χ2v) is 5.80. The highest BCUT2D eigenvalue weighted by molar-refractivity contribution is 6.33. The lowest BCUT2D eigenvalue weighted by Crippen LogP contribution is -2.37. The van der Waals surface area contributed by atoms with E-state index in [0.29, 0.717) is 6.54 Å². The van der Waals surface area contributed by atoms with Gasteiger partial charge in [-0.05, 0) is 24.6 Å². The van der Waals surface area contributed by atoms with Crippen LogP contribution >= 0.6 is 11.6 Å². The highest BCUT2D eigenvalue weighted by atomic mass is 35.5. The van der Waals surface area contributed by atoms with E-state index in [9.17, 15) is 22.8 Å². The number of nitrogens with one attached hydrogen (secondary N) is 1. The molecule has 0 radical (unpaired) electrons. The van der Waals surface area contributed by atoms with Gasteiger partial charge in [-0.25, -0.2) is 0 Å². The van der Waals surface area contributed by atoms with Gasteiger partial charge in [0.2, 0.25) is 11.8 Å². The van der Waals surface area contributed by atoms with Crippen molar-refractivity contribution in [1.82, 2.24) is 4.90 Å². The zero-order valence-corrected chi connectivity index (χ0v) is 14.3. The van der Waals surface area contributed by atoms with Crippen LogP contribution in [0.4, 0.5) is 18.9 Å². The molecule has 1 N–H and O–H groups in total. The Morgan fingerprint density at radius 3 is 2.46 bits per heavy atom. The zero-order valence-electron chi connectivity index (χ0n) is 13.5. The number of nitrogens with zero attached hydrogens (tertiary/aromatic N) is 1. The Hall–Kier alpha value is -1.76. The number of unbranched alkanes of at least 4 members (excludes halogenated alkanes) is 2. The minimum absolute atomic E-state index is 0.00305. The van der Waals surface area contributed by atoms with Gasteiger partial charge in [-0.3, -0.25) is 9.59 Å². The van der Waals surface area contributed by atoms with Crippen molar-refractivity contribution in [3.63, 3.8) is 0 Å². The summed E-state index contributed by atoms with van der Waals surface area (Å²) in [5.41, 5.74) is -1.04. The molecule has 8 heteroatoms. The monoisotopic (exact) mass is 364 g/mol. The quantitative estimate of drug-likeness (QED) is 0.732. The second-order valence-electron chi connectivity index (χ2n) is 5.39. The highest BCUT2D eigenvalue weighted by Gasteiger charge is 2.31. The van der Waals surface area contributed by atoms with E-state index in [0.717, 1.165) is 37.5 Å². The number of hydrogen-bond acceptors (Lipinski definition) is 2. The molecule has 0 saturated heterocycles. The number of benzene rings is 1. The van der Waals surface area contributed by atoms with Gasteiger partial charge < -0.3 is 10.2 Å². The number of carbonyl (C=O) groups excluding carboxylic acids is 2. The van der Waals surface area contributed by atoms with Crippen molar-refractivity contribution in [3.05, 3.63) is 28.8 Å². The topological polar surface area (TPSA) is 49.4 Å². The summed E-state index contributed by atoms with van der Waals surface area (Å²) in [6.45, 7) is 3.55. The summed E-state index contributed by atoms with van der Waals surface area (Å²) < 4.78 is 38.2. The Bertz CT molecular complexity index is 591. The maximum Gasteiger partial charge on any atom is 0.416 e. The number of hydrogen-bond donors (Lipinski definition) is 1. The number of anilines is 1. The van der Waals surface area contributed by atoms with Crippen LogP contribution in [0.5, 0.6) is 0 Å². The summed E-state index contributed by atoms with van der Waals surface area (Å²) in [5.74, 6) is -0.862. The fourth-order valence-corrected chi connectivity index (χ4v) is 2.23. The normalized spacial score (nSPS) is 11.2. The number of carbonyl (C=O) groups is 2. The van der Waals surface area contributed by atoms with Gasteiger partial charge in [-0.15, -0.1) is 0 Å². The fraction of sp³-hybridized carbons (Fsp3) is 0.500. The predicted molar refractivity (Wildman–Crippen MR) is 86.9 cm³/mol. The molecule has 1 aromatic carbocycles. The molecule has 0 atom stereocenters. The Labute approximate surface area is 144 Å². The summed E-state index contributed by atoms with van der Waals surface area (Å²) in [7, 11) is 0. The van der Waals surface area contributed by atoms with Gasteiger partial charge in [-0.1, -0.05) is 31.4 Å². The molecule has 134 valence electrons. The van der Waals surface area contributed by atoms with Crippen LogP contribution in [-0.4, -0.2) is 29.8 Å². The maximum atomic E-state index is 12.7. The summed E-state index contributed by atoms with van der Waals surface area (Å²) in [4.78, 5) is 24.9. The van der Waals surface area contributed by atoms with Crippen molar-refractivity contribution in [3.8, 4) is 0 Å². The van der Waals surface area contributed by atoms with E-state index >= 15 is 0 Å². The van der Waals surface area contributed by atoms with Gasteiger partial charge in [-0.2, -0.15) is 13.2 Å². The molecule has 24 heavy (non-hydrogen) atoms. The average molecular weight is 365 g/mol. The van der Waals surface area contributed by atoms with Crippen LogP contribution in [-0.2, 0) is 15.8 Å². The lowest BCUT2D eigenvalue weighted by Gasteiger charge is -2.20. The first-order chi connectivity index (χ1) is 11.1. The summed E-state index contributed by atoms with van der Waals surface area (Å²) in [5, 5.41) is 2.33. The molecular formula is C16H20ClF3N2O2. The number of halogens is 4. The van der Waals surface area contributed by atoms with Crippen LogP contribution in [0.2, 0.25) is 5.02 Å². The molecule has 1 rings (SSSR count). The van der Waals surface area contributed by atoms with E-state index in [-0.39, 0.29) is 23.2 Å². The first kappa shape index (κ1) is 20.3. The fourth-order valence-electron chi connectivity index (χ4n) is 2.06. The minimum atomic E-state index is -4.53. The van der Waals surface area contributed by atoms with Gasteiger partial charge in [0, 0.05) is 13.5 Å². The van der Waals surface area contributed by atoms with Crippen LogP contribution in [0.3, 0.4) is 0 Å². The molecule has 4 nitrogen and oxygen atoms in total.